The Morgan fingerprint density at radius 1 is 0.846 bits per heavy atom. The van der Waals surface area contributed by atoms with E-state index in [2.05, 4.69) is 13.8 Å². The van der Waals surface area contributed by atoms with Crippen LogP contribution in [0.4, 0.5) is 0 Å². The summed E-state index contributed by atoms with van der Waals surface area (Å²) in [6.45, 7) is 4.36. The van der Waals surface area contributed by atoms with Crippen LogP contribution in [0.5, 0.6) is 0 Å². The van der Waals surface area contributed by atoms with Gasteiger partial charge >= 0.3 is 0 Å². The molecule has 0 aliphatic carbocycles. The Morgan fingerprint density at radius 2 is 1.23 bits per heavy atom. The van der Waals surface area contributed by atoms with Gasteiger partial charge in [-0.05, 0) is 0 Å². The summed E-state index contributed by atoms with van der Waals surface area (Å²) in [6.07, 6.45) is 11.9. The molecule has 0 aromatic rings. The van der Waals surface area contributed by atoms with Crippen molar-refractivity contribution in [2.24, 2.45) is 0 Å². The van der Waals surface area contributed by atoms with E-state index in [1.165, 1.54) is 25.7 Å². The molecule has 0 atom stereocenters. The summed E-state index contributed by atoms with van der Waals surface area (Å²) in [5.41, 5.74) is 0. The molecule has 2 aliphatic heterocycles. The van der Waals surface area contributed by atoms with E-state index >= 15 is 0 Å². The predicted molar refractivity (Wildman–Crippen MR) is 62.9 cm³/mol. The molecule has 0 spiro atoms. The van der Waals surface area contributed by atoms with Gasteiger partial charge in [0.05, 0.1) is 0 Å². The summed E-state index contributed by atoms with van der Waals surface area (Å²) in [5, 5.41) is 0. The molecule has 0 radical (unpaired) electrons. The number of hydrogen-bond acceptors (Lipinski definition) is 0. The maximum atomic E-state index is 2.18. The minimum atomic E-state index is 1.15. The fourth-order valence-corrected chi connectivity index (χ4v) is 2.62. The highest BCUT2D eigenvalue weighted by atomic mass is 14.2. The van der Waals surface area contributed by atoms with E-state index in [-0.39, 0.29) is 0 Å². The van der Waals surface area contributed by atoms with Gasteiger partial charge in [-0.25, -0.2) is 0 Å². The predicted octanol–water partition coefficient (Wildman–Crippen LogP) is 4.17. The minimum Gasteiger partial charge on any atom is -0.0654 e. The van der Waals surface area contributed by atoms with Crippen LogP contribution in [-0.4, -0.2) is 7.28 Å². The first-order valence-electron chi connectivity index (χ1n) is 6.36. The van der Waals surface area contributed by atoms with Crippen LogP contribution in [0.3, 0.4) is 0 Å². The van der Waals surface area contributed by atoms with Gasteiger partial charge in [0.15, 0.2) is 0 Å². The molecular formula is C12H25B. The Balaban J connectivity index is 0.000000184. The van der Waals surface area contributed by atoms with Crippen LogP contribution in [0.2, 0.25) is 11.6 Å². The van der Waals surface area contributed by atoms with Gasteiger partial charge in [-0.1, -0.05) is 76.8 Å². The van der Waals surface area contributed by atoms with E-state index < -0.39 is 0 Å². The van der Waals surface area contributed by atoms with Gasteiger partial charge in [-0.3, -0.25) is 0 Å². The highest BCUT2D eigenvalue weighted by Gasteiger charge is 2.26. The van der Waals surface area contributed by atoms with Crippen LogP contribution in [0, 0.1) is 0 Å². The van der Waals surface area contributed by atoms with Crippen molar-refractivity contribution in [2.75, 3.05) is 0 Å². The van der Waals surface area contributed by atoms with E-state index in [0.29, 0.717) is 0 Å². The molecule has 2 heterocycles. The first-order chi connectivity index (χ1) is 6.36. The standard InChI is InChI=1S/C8H15B.C4H10/c1-3-7-5-2-6-8(4-1)9-7;1-3-4-2/h7-9H,1-6H2;3-4H2,1-2H3. The summed E-state index contributed by atoms with van der Waals surface area (Å²) in [7, 11) is 1.58. The third-order valence-corrected chi connectivity index (χ3v) is 3.62. The van der Waals surface area contributed by atoms with Crippen LogP contribution in [-0.2, 0) is 0 Å². The lowest BCUT2D eigenvalue weighted by atomic mass is 9.44. The Kier molecular flexibility index (Phi) is 5.58. The maximum absolute atomic E-state index is 2.18. The number of hydrogen-bond donors (Lipinski definition) is 0. The summed E-state index contributed by atoms with van der Waals surface area (Å²) in [4.78, 5) is 0. The lowest BCUT2D eigenvalue weighted by molar-refractivity contribution is 0.455. The number of fused-ring (bicyclic) bond motifs is 2. The molecule has 2 rings (SSSR count). The van der Waals surface area contributed by atoms with E-state index in [9.17, 15) is 0 Å². The van der Waals surface area contributed by atoms with Crippen molar-refractivity contribution in [2.45, 2.75) is 76.8 Å². The van der Waals surface area contributed by atoms with Gasteiger partial charge in [0, 0.05) is 0 Å². The molecule has 0 nitrogen and oxygen atoms in total. The van der Waals surface area contributed by atoms with Gasteiger partial charge < -0.3 is 0 Å². The normalized spacial score (nSPS) is 31.2. The molecular weight excluding hydrogens is 155 g/mol. The van der Waals surface area contributed by atoms with E-state index in [4.69, 9.17) is 0 Å². The average molecular weight is 180 g/mol. The van der Waals surface area contributed by atoms with E-state index in [0.717, 1.165) is 11.6 Å². The zero-order valence-corrected chi connectivity index (χ0v) is 9.52. The minimum absolute atomic E-state index is 1.15. The summed E-state index contributed by atoms with van der Waals surface area (Å²) in [6, 6.07) is 0. The Morgan fingerprint density at radius 3 is 1.46 bits per heavy atom. The molecule has 2 aliphatic rings. The van der Waals surface area contributed by atoms with Crippen LogP contribution in [0.15, 0.2) is 0 Å². The Bertz CT molecular complexity index is 100. The molecule has 0 aromatic carbocycles. The smallest absolute Gasteiger partial charge is 0.0654 e. The molecule has 13 heavy (non-hydrogen) atoms. The fourth-order valence-electron chi connectivity index (χ4n) is 2.62. The zero-order valence-electron chi connectivity index (χ0n) is 9.52. The summed E-state index contributed by atoms with van der Waals surface area (Å²) in [5.74, 6) is 2.30. The van der Waals surface area contributed by atoms with Crippen molar-refractivity contribution in [1.82, 2.24) is 0 Å². The first kappa shape index (κ1) is 11.1. The molecule has 76 valence electrons. The molecule has 0 unspecified atom stereocenters. The van der Waals surface area contributed by atoms with Crippen molar-refractivity contribution in [3.8, 4) is 0 Å². The second-order valence-electron chi connectivity index (χ2n) is 4.83. The van der Waals surface area contributed by atoms with Crippen LogP contribution < -0.4 is 0 Å². The van der Waals surface area contributed by atoms with Crippen molar-refractivity contribution in [3.63, 3.8) is 0 Å². The summed E-state index contributed by atoms with van der Waals surface area (Å²) >= 11 is 0. The Hall–Kier alpha value is 0.0649. The fraction of sp³-hybridized carbons (Fsp3) is 1.00. The highest BCUT2D eigenvalue weighted by Crippen LogP contribution is 2.40. The largest absolute Gasteiger partial charge is 0.127 e. The van der Waals surface area contributed by atoms with Crippen LogP contribution in [0.1, 0.15) is 65.2 Å². The number of unbranched alkanes of at least 4 members (excludes halogenated alkanes) is 1. The van der Waals surface area contributed by atoms with E-state index in [1.54, 1.807) is 33.0 Å². The molecule has 2 saturated heterocycles. The lowest BCUT2D eigenvalue weighted by Gasteiger charge is -2.32. The van der Waals surface area contributed by atoms with Gasteiger partial charge in [0.1, 0.15) is 7.28 Å². The molecule has 0 aromatic heterocycles. The lowest BCUT2D eigenvalue weighted by Crippen LogP contribution is -2.21. The highest BCUT2D eigenvalue weighted by molar-refractivity contribution is 6.40. The van der Waals surface area contributed by atoms with Gasteiger partial charge in [0.2, 0.25) is 0 Å². The Labute approximate surface area is 84.7 Å². The average Bonchev–Trinajstić information content (AvgIpc) is 2.19. The van der Waals surface area contributed by atoms with Crippen molar-refractivity contribution >= 4 is 7.28 Å². The molecule has 2 fully saturated rings. The van der Waals surface area contributed by atoms with Gasteiger partial charge in [-0.15, -0.1) is 0 Å². The van der Waals surface area contributed by atoms with Gasteiger partial charge in [0.25, 0.3) is 0 Å². The molecule has 0 amide bonds. The topological polar surface area (TPSA) is 0 Å². The third kappa shape index (κ3) is 4.20. The van der Waals surface area contributed by atoms with Crippen molar-refractivity contribution in [3.05, 3.63) is 0 Å². The zero-order chi connectivity index (χ0) is 9.52. The second kappa shape index (κ2) is 6.51. The van der Waals surface area contributed by atoms with Gasteiger partial charge in [-0.2, -0.15) is 0 Å². The van der Waals surface area contributed by atoms with Crippen LogP contribution >= 0.6 is 0 Å². The molecule has 0 saturated carbocycles. The SMILES string of the molecule is B1C2CCCC1CCC2.CCCC. The molecule has 2 bridgehead atoms. The molecule has 1 heteroatoms. The quantitative estimate of drug-likeness (QED) is 0.531. The van der Waals surface area contributed by atoms with E-state index in [1.807, 2.05) is 0 Å². The molecule has 0 N–H and O–H groups in total. The van der Waals surface area contributed by atoms with Crippen LogP contribution in [0.25, 0.3) is 0 Å². The monoisotopic (exact) mass is 180 g/mol. The second-order valence-corrected chi connectivity index (χ2v) is 4.83. The third-order valence-electron chi connectivity index (χ3n) is 3.62. The first-order valence-corrected chi connectivity index (χ1v) is 6.36. The van der Waals surface area contributed by atoms with Crippen molar-refractivity contribution < 1.29 is 0 Å². The summed E-state index contributed by atoms with van der Waals surface area (Å²) < 4.78 is 0. The number of rotatable bonds is 1. The van der Waals surface area contributed by atoms with Crippen molar-refractivity contribution in [1.29, 1.82) is 0 Å². The maximum Gasteiger partial charge on any atom is 0.127 e.